The Bertz CT molecular complexity index is 395. The first-order valence-corrected chi connectivity index (χ1v) is 5.90. The lowest BCUT2D eigenvalue weighted by Crippen LogP contribution is -2.22. The van der Waals surface area contributed by atoms with Crippen LogP contribution in [0.4, 0.5) is 15.8 Å². The molecule has 0 spiro atoms. The standard InChI is InChI=1S/C12H16FN3/c13-12-4-11(10(14)5-15-12)16-6-8-2-1-3-9(8)7-16/h4-5,8-9H,1-3,6-7,14H2. The molecule has 1 saturated carbocycles. The predicted molar refractivity (Wildman–Crippen MR) is 61.7 cm³/mol. The maximum absolute atomic E-state index is 13.1. The van der Waals surface area contributed by atoms with E-state index in [0.29, 0.717) is 5.69 Å². The first-order chi connectivity index (χ1) is 7.74. The van der Waals surface area contributed by atoms with Gasteiger partial charge in [0.15, 0.2) is 0 Å². The lowest BCUT2D eigenvalue weighted by molar-refractivity contribution is 0.494. The molecule has 16 heavy (non-hydrogen) atoms. The Balaban J connectivity index is 1.85. The van der Waals surface area contributed by atoms with Gasteiger partial charge in [0.1, 0.15) is 0 Å². The molecule has 2 unspecified atom stereocenters. The molecule has 86 valence electrons. The molecule has 1 saturated heterocycles. The van der Waals surface area contributed by atoms with Crippen LogP contribution in [0.1, 0.15) is 19.3 Å². The Morgan fingerprint density at radius 3 is 2.69 bits per heavy atom. The van der Waals surface area contributed by atoms with E-state index in [1.54, 1.807) is 0 Å². The van der Waals surface area contributed by atoms with Crippen LogP contribution in [0.5, 0.6) is 0 Å². The summed E-state index contributed by atoms with van der Waals surface area (Å²) in [5, 5.41) is 0. The van der Waals surface area contributed by atoms with Crippen molar-refractivity contribution in [3.63, 3.8) is 0 Å². The summed E-state index contributed by atoms with van der Waals surface area (Å²) < 4.78 is 13.1. The topological polar surface area (TPSA) is 42.1 Å². The summed E-state index contributed by atoms with van der Waals surface area (Å²) in [4.78, 5) is 5.78. The highest BCUT2D eigenvalue weighted by Gasteiger charge is 2.36. The quantitative estimate of drug-likeness (QED) is 0.738. The minimum Gasteiger partial charge on any atom is -0.396 e. The molecule has 1 aliphatic heterocycles. The summed E-state index contributed by atoms with van der Waals surface area (Å²) in [6.45, 7) is 2.05. The number of hydrogen-bond donors (Lipinski definition) is 1. The summed E-state index contributed by atoms with van der Waals surface area (Å²) in [5.41, 5.74) is 7.25. The monoisotopic (exact) mass is 221 g/mol. The molecule has 4 heteroatoms. The summed E-state index contributed by atoms with van der Waals surface area (Å²) in [6.07, 6.45) is 5.39. The van der Waals surface area contributed by atoms with E-state index in [1.807, 2.05) is 0 Å². The molecule has 0 amide bonds. The van der Waals surface area contributed by atoms with E-state index in [2.05, 4.69) is 9.88 Å². The Morgan fingerprint density at radius 1 is 1.31 bits per heavy atom. The van der Waals surface area contributed by atoms with E-state index < -0.39 is 5.95 Å². The van der Waals surface area contributed by atoms with Crippen LogP contribution in [0.2, 0.25) is 0 Å². The highest BCUT2D eigenvalue weighted by molar-refractivity contribution is 5.66. The van der Waals surface area contributed by atoms with Gasteiger partial charge >= 0.3 is 0 Å². The van der Waals surface area contributed by atoms with Crippen LogP contribution < -0.4 is 10.6 Å². The molecule has 2 aliphatic rings. The molecule has 2 atom stereocenters. The van der Waals surface area contributed by atoms with E-state index >= 15 is 0 Å². The normalized spacial score (nSPS) is 28.4. The average molecular weight is 221 g/mol. The number of hydrogen-bond acceptors (Lipinski definition) is 3. The van der Waals surface area contributed by atoms with Gasteiger partial charge in [0.05, 0.1) is 17.6 Å². The third-order valence-electron chi connectivity index (χ3n) is 3.95. The lowest BCUT2D eigenvalue weighted by atomic mass is 10.0. The maximum atomic E-state index is 13.1. The highest BCUT2D eigenvalue weighted by atomic mass is 19.1. The second-order valence-corrected chi connectivity index (χ2v) is 4.92. The SMILES string of the molecule is Nc1cnc(F)cc1N1CC2CCCC2C1. The van der Waals surface area contributed by atoms with Crippen molar-refractivity contribution in [2.75, 3.05) is 23.7 Å². The third-order valence-corrected chi connectivity index (χ3v) is 3.95. The molecule has 1 aromatic rings. The van der Waals surface area contributed by atoms with Crippen LogP contribution in [0.25, 0.3) is 0 Å². The van der Waals surface area contributed by atoms with Gasteiger partial charge in [0.2, 0.25) is 5.95 Å². The van der Waals surface area contributed by atoms with Crippen LogP contribution in [0.3, 0.4) is 0 Å². The van der Waals surface area contributed by atoms with Crippen molar-refractivity contribution >= 4 is 11.4 Å². The Kier molecular flexibility index (Phi) is 2.23. The van der Waals surface area contributed by atoms with Gasteiger partial charge in [-0.3, -0.25) is 0 Å². The number of nitrogens with two attached hydrogens (primary N) is 1. The predicted octanol–water partition coefficient (Wildman–Crippen LogP) is 2.04. The molecule has 3 rings (SSSR count). The van der Waals surface area contributed by atoms with E-state index in [9.17, 15) is 4.39 Å². The summed E-state index contributed by atoms with van der Waals surface area (Å²) in [7, 11) is 0. The van der Waals surface area contributed by atoms with E-state index in [4.69, 9.17) is 5.73 Å². The highest BCUT2D eigenvalue weighted by Crippen LogP contribution is 2.40. The molecule has 0 bridgehead atoms. The summed E-state index contributed by atoms with van der Waals surface area (Å²) in [6, 6.07) is 1.45. The third kappa shape index (κ3) is 1.52. The van der Waals surface area contributed by atoms with Gasteiger partial charge in [-0.2, -0.15) is 4.39 Å². The van der Waals surface area contributed by atoms with Crippen molar-refractivity contribution in [1.29, 1.82) is 0 Å². The fourth-order valence-electron chi connectivity index (χ4n) is 3.14. The number of anilines is 2. The zero-order chi connectivity index (χ0) is 11.1. The number of fused-ring (bicyclic) bond motifs is 1. The minimum absolute atomic E-state index is 0.443. The first kappa shape index (κ1) is 9.87. The van der Waals surface area contributed by atoms with Crippen molar-refractivity contribution in [1.82, 2.24) is 4.98 Å². The Labute approximate surface area is 94.5 Å². The molecule has 0 radical (unpaired) electrons. The van der Waals surface area contributed by atoms with Gasteiger partial charge < -0.3 is 10.6 Å². The molecule has 0 aromatic carbocycles. The molecular weight excluding hydrogens is 205 g/mol. The largest absolute Gasteiger partial charge is 0.396 e. The van der Waals surface area contributed by atoms with E-state index in [1.165, 1.54) is 31.5 Å². The second kappa shape index (κ2) is 3.61. The number of halogens is 1. The van der Waals surface area contributed by atoms with Crippen LogP contribution in [-0.2, 0) is 0 Å². The molecular formula is C12H16FN3. The zero-order valence-electron chi connectivity index (χ0n) is 9.19. The fourth-order valence-corrected chi connectivity index (χ4v) is 3.14. The molecule has 1 aliphatic carbocycles. The van der Waals surface area contributed by atoms with Crippen molar-refractivity contribution in [3.05, 3.63) is 18.2 Å². The smallest absolute Gasteiger partial charge is 0.215 e. The van der Waals surface area contributed by atoms with Crippen LogP contribution in [0, 0.1) is 17.8 Å². The van der Waals surface area contributed by atoms with Gasteiger partial charge in [-0.1, -0.05) is 6.42 Å². The van der Waals surface area contributed by atoms with Crippen molar-refractivity contribution < 1.29 is 4.39 Å². The van der Waals surface area contributed by atoms with Crippen LogP contribution in [-0.4, -0.2) is 18.1 Å². The Morgan fingerprint density at radius 2 is 2.00 bits per heavy atom. The number of rotatable bonds is 1. The van der Waals surface area contributed by atoms with Crippen molar-refractivity contribution in [3.8, 4) is 0 Å². The molecule has 1 aromatic heterocycles. The van der Waals surface area contributed by atoms with Gasteiger partial charge in [0.25, 0.3) is 0 Å². The van der Waals surface area contributed by atoms with Gasteiger partial charge in [0, 0.05) is 19.2 Å². The van der Waals surface area contributed by atoms with Crippen LogP contribution >= 0.6 is 0 Å². The Hall–Kier alpha value is -1.32. The second-order valence-electron chi connectivity index (χ2n) is 4.92. The fraction of sp³-hybridized carbons (Fsp3) is 0.583. The van der Waals surface area contributed by atoms with Gasteiger partial charge in [-0.15, -0.1) is 0 Å². The molecule has 3 nitrogen and oxygen atoms in total. The first-order valence-electron chi connectivity index (χ1n) is 5.90. The number of pyridine rings is 1. The lowest BCUT2D eigenvalue weighted by Gasteiger charge is -2.21. The van der Waals surface area contributed by atoms with Crippen molar-refractivity contribution in [2.24, 2.45) is 11.8 Å². The van der Waals surface area contributed by atoms with E-state index in [0.717, 1.165) is 30.6 Å². The van der Waals surface area contributed by atoms with Gasteiger partial charge in [-0.25, -0.2) is 4.98 Å². The van der Waals surface area contributed by atoms with Crippen molar-refractivity contribution in [2.45, 2.75) is 19.3 Å². The number of aromatic nitrogens is 1. The average Bonchev–Trinajstić information content (AvgIpc) is 2.81. The molecule has 2 N–H and O–H groups in total. The van der Waals surface area contributed by atoms with Crippen LogP contribution in [0.15, 0.2) is 12.3 Å². The minimum atomic E-state index is -0.443. The maximum Gasteiger partial charge on any atom is 0.215 e. The number of nitrogen functional groups attached to an aromatic ring is 1. The molecule has 2 heterocycles. The number of nitrogens with zero attached hydrogens (tertiary/aromatic N) is 2. The molecule has 2 fully saturated rings. The zero-order valence-corrected chi connectivity index (χ0v) is 9.19. The van der Waals surface area contributed by atoms with E-state index in [-0.39, 0.29) is 0 Å². The summed E-state index contributed by atoms with van der Waals surface area (Å²) in [5.74, 6) is 1.13. The van der Waals surface area contributed by atoms with Gasteiger partial charge in [-0.05, 0) is 24.7 Å². The summed E-state index contributed by atoms with van der Waals surface area (Å²) >= 11 is 0.